The Morgan fingerprint density at radius 3 is 2.92 bits per heavy atom. The molecule has 1 heterocycles. The fourth-order valence-electron chi connectivity index (χ4n) is 0.829. The summed E-state index contributed by atoms with van der Waals surface area (Å²) in [5.41, 5.74) is 1.87. The number of hydrogen-bond acceptors (Lipinski definition) is 2. The summed E-state index contributed by atoms with van der Waals surface area (Å²) in [6.07, 6.45) is 5.43. The summed E-state index contributed by atoms with van der Waals surface area (Å²) in [5.74, 6) is 0. The molecule has 0 saturated carbocycles. The molecule has 0 fully saturated rings. The van der Waals surface area contributed by atoms with E-state index in [2.05, 4.69) is 9.98 Å². The summed E-state index contributed by atoms with van der Waals surface area (Å²) in [6, 6.07) is 5.80. The van der Waals surface area contributed by atoms with Crippen LogP contribution in [-0.4, -0.2) is 10.7 Å². The average Bonchev–Trinajstić information content (AvgIpc) is 2.15. The third kappa shape index (κ3) is 2.31. The first-order valence-electron chi connectivity index (χ1n) is 3.91. The monoisotopic (exact) mass is 160 g/mol. The van der Waals surface area contributed by atoms with Crippen molar-refractivity contribution in [2.24, 2.45) is 4.99 Å². The molecule has 0 bridgehead atoms. The maximum Gasteiger partial charge on any atom is 0.0841 e. The Bertz CT molecular complexity index is 286. The van der Waals surface area contributed by atoms with Crippen LogP contribution < -0.4 is 0 Å². The van der Waals surface area contributed by atoms with Gasteiger partial charge >= 0.3 is 0 Å². The van der Waals surface area contributed by atoms with Crippen LogP contribution in [0.3, 0.4) is 0 Å². The lowest BCUT2D eigenvalue weighted by atomic mass is 10.2. The number of nitrogens with zero attached hydrogens (tertiary/aromatic N) is 2. The van der Waals surface area contributed by atoms with Crippen LogP contribution in [0.25, 0.3) is 0 Å². The number of aromatic nitrogens is 1. The van der Waals surface area contributed by atoms with E-state index in [1.54, 1.807) is 12.4 Å². The summed E-state index contributed by atoms with van der Waals surface area (Å²) in [5, 5.41) is 0. The van der Waals surface area contributed by atoms with E-state index < -0.39 is 0 Å². The van der Waals surface area contributed by atoms with Crippen molar-refractivity contribution in [3.05, 3.63) is 42.4 Å². The number of rotatable bonds is 2. The first-order chi connectivity index (χ1) is 5.84. The van der Waals surface area contributed by atoms with Crippen molar-refractivity contribution in [3.63, 3.8) is 0 Å². The van der Waals surface area contributed by atoms with Crippen LogP contribution in [0.4, 0.5) is 0 Å². The number of hydrogen-bond donors (Lipinski definition) is 0. The van der Waals surface area contributed by atoms with E-state index in [0.717, 1.165) is 11.4 Å². The minimum atomic E-state index is 0.926. The van der Waals surface area contributed by atoms with Crippen molar-refractivity contribution in [3.8, 4) is 0 Å². The second-order valence-electron chi connectivity index (χ2n) is 2.41. The van der Waals surface area contributed by atoms with Crippen LogP contribution in [0, 0.1) is 0 Å². The number of allylic oxidation sites excluding steroid dienone is 1. The van der Waals surface area contributed by atoms with Gasteiger partial charge in [-0.05, 0) is 26.0 Å². The normalized spacial score (nSPS) is 12.3. The maximum atomic E-state index is 4.19. The molecule has 62 valence electrons. The lowest BCUT2D eigenvalue weighted by Gasteiger charge is -1.95. The summed E-state index contributed by atoms with van der Waals surface area (Å²) in [7, 11) is 0. The van der Waals surface area contributed by atoms with Crippen molar-refractivity contribution in [2.75, 3.05) is 0 Å². The SMILES string of the molecule is CC=CN=C(C)c1ccccn1. The van der Waals surface area contributed by atoms with Crippen molar-refractivity contribution in [2.45, 2.75) is 13.8 Å². The topological polar surface area (TPSA) is 25.2 Å². The molecule has 0 radical (unpaired) electrons. The Morgan fingerprint density at radius 1 is 1.50 bits per heavy atom. The second kappa shape index (κ2) is 4.44. The van der Waals surface area contributed by atoms with Crippen LogP contribution in [0.15, 0.2) is 41.7 Å². The van der Waals surface area contributed by atoms with Gasteiger partial charge in [0.1, 0.15) is 0 Å². The molecule has 1 rings (SSSR count). The molecular formula is C10H12N2. The Balaban J connectivity index is 2.85. The predicted molar refractivity (Wildman–Crippen MR) is 51.3 cm³/mol. The lowest BCUT2D eigenvalue weighted by Crippen LogP contribution is -1.95. The third-order valence-corrected chi connectivity index (χ3v) is 1.45. The lowest BCUT2D eigenvalue weighted by molar-refractivity contribution is 1.28. The third-order valence-electron chi connectivity index (χ3n) is 1.45. The molecule has 12 heavy (non-hydrogen) atoms. The first kappa shape index (κ1) is 8.65. The smallest absolute Gasteiger partial charge is 0.0841 e. The van der Waals surface area contributed by atoms with Gasteiger partial charge in [-0.1, -0.05) is 12.1 Å². The van der Waals surface area contributed by atoms with Crippen LogP contribution in [0.5, 0.6) is 0 Å². The zero-order valence-corrected chi connectivity index (χ0v) is 7.36. The molecule has 2 heteroatoms. The van der Waals surface area contributed by atoms with Gasteiger partial charge in [-0.15, -0.1) is 0 Å². The van der Waals surface area contributed by atoms with E-state index in [1.165, 1.54) is 0 Å². The van der Waals surface area contributed by atoms with Gasteiger partial charge in [-0.2, -0.15) is 0 Å². The molecule has 0 atom stereocenters. The van der Waals surface area contributed by atoms with Crippen molar-refractivity contribution >= 4 is 5.71 Å². The Morgan fingerprint density at radius 2 is 2.33 bits per heavy atom. The molecule has 2 nitrogen and oxygen atoms in total. The summed E-state index contributed by atoms with van der Waals surface area (Å²) >= 11 is 0. The van der Waals surface area contributed by atoms with Gasteiger partial charge in [-0.25, -0.2) is 0 Å². The zero-order chi connectivity index (χ0) is 8.81. The molecule has 1 aromatic rings. The molecular weight excluding hydrogens is 148 g/mol. The summed E-state index contributed by atoms with van der Waals surface area (Å²) in [4.78, 5) is 8.35. The highest BCUT2D eigenvalue weighted by Gasteiger charge is 1.93. The van der Waals surface area contributed by atoms with Gasteiger partial charge in [0.15, 0.2) is 0 Å². The zero-order valence-electron chi connectivity index (χ0n) is 7.36. The van der Waals surface area contributed by atoms with E-state index >= 15 is 0 Å². The Labute approximate surface area is 72.7 Å². The second-order valence-corrected chi connectivity index (χ2v) is 2.41. The van der Waals surface area contributed by atoms with Gasteiger partial charge in [0, 0.05) is 12.4 Å². The van der Waals surface area contributed by atoms with Gasteiger partial charge in [0.2, 0.25) is 0 Å². The molecule has 0 aliphatic heterocycles. The molecule has 0 amide bonds. The molecule has 0 unspecified atom stereocenters. The van der Waals surface area contributed by atoms with Crippen molar-refractivity contribution in [1.29, 1.82) is 0 Å². The quantitative estimate of drug-likeness (QED) is 0.610. The van der Waals surface area contributed by atoms with Gasteiger partial charge in [0.25, 0.3) is 0 Å². The standard InChI is InChI=1S/C10H12N2/c1-3-7-11-9(2)10-6-4-5-8-12-10/h3-8H,1-2H3. The van der Waals surface area contributed by atoms with E-state index in [1.807, 2.05) is 38.1 Å². The van der Waals surface area contributed by atoms with Crippen LogP contribution >= 0.6 is 0 Å². The Hall–Kier alpha value is -1.44. The van der Waals surface area contributed by atoms with Gasteiger partial charge in [-0.3, -0.25) is 9.98 Å². The van der Waals surface area contributed by atoms with Gasteiger partial charge in [0.05, 0.1) is 11.4 Å². The fraction of sp³-hybridized carbons (Fsp3) is 0.200. The summed E-state index contributed by atoms with van der Waals surface area (Å²) < 4.78 is 0. The molecule has 0 spiro atoms. The fourth-order valence-corrected chi connectivity index (χ4v) is 0.829. The van der Waals surface area contributed by atoms with Gasteiger partial charge < -0.3 is 0 Å². The molecule has 0 aliphatic carbocycles. The van der Waals surface area contributed by atoms with E-state index in [9.17, 15) is 0 Å². The average molecular weight is 160 g/mol. The predicted octanol–water partition coefficient (Wildman–Crippen LogP) is 2.42. The molecule has 1 aromatic heterocycles. The van der Waals surface area contributed by atoms with Crippen LogP contribution in [0.2, 0.25) is 0 Å². The first-order valence-corrected chi connectivity index (χ1v) is 3.91. The van der Waals surface area contributed by atoms with Crippen molar-refractivity contribution < 1.29 is 0 Å². The van der Waals surface area contributed by atoms with Crippen molar-refractivity contribution in [1.82, 2.24) is 4.98 Å². The minimum Gasteiger partial charge on any atom is -0.260 e. The molecule has 0 saturated heterocycles. The largest absolute Gasteiger partial charge is 0.260 e. The Kier molecular flexibility index (Phi) is 3.20. The highest BCUT2D eigenvalue weighted by Crippen LogP contribution is 1.96. The van der Waals surface area contributed by atoms with E-state index in [0.29, 0.717) is 0 Å². The number of aliphatic imine (C=N–C) groups is 1. The minimum absolute atomic E-state index is 0.926. The highest BCUT2D eigenvalue weighted by molar-refractivity contribution is 5.97. The van der Waals surface area contributed by atoms with Crippen LogP contribution in [0.1, 0.15) is 19.5 Å². The summed E-state index contributed by atoms with van der Waals surface area (Å²) in [6.45, 7) is 3.89. The van der Waals surface area contributed by atoms with Crippen LogP contribution in [-0.2, 0) is 0 Å². The molecule has 0 aromatic carbocycles. The van der Waals surface area contributed by atoms with E-state index in [-0.39, 0.29) is 0 Å². The van der Waals surface area contributed by atoms with E-state index in [4.69, 9.17) is 0 Å². The molecule has 0 aliphatic rings. The highest BCUT2D eigenvalue weighted by atomic mass is 14.8. The maximum absolute atomic E-state index is 4.19. The molecule has 0 N–H and O–H groups in total. The number of pyridine rings is 1.